The number of carbonyl (C=O) groups excluding carboxylic acids is 1. The van der Waals surface area contributed by atoms with Gasteiger partial charge in [-0.25, -0.2) is 15.0 Å². The molecule has 0 saturated carbocycles. The number of rotatable bonds is 9. The predicted octanol–water partition coefficient (Wildman–Crippen LogP) is 3.58. The van der Waals surface area contributed by atoms with Crippen LogP contribution in [0.15, 0.2) is 53.3 Å². The van der Waals surface area contributed by atoms with Crippen molar-refractivity contribution in [1.82, 2.24) is 29.5 Å². The molecule has 0 bridgehead atoms. The molecule has 0 atom stereocenters. The van der Waals surface area contributed by atoms with Crippen LogP contribution in [0.4, 0.5) is 5.82 Å². The monoisotopic (exact) mass is 407 g/mol. The number of aromatic nitrogens is 6. The third kappa shape index (κ3) is 4.29. The summed E-state index contributed by atoms with van der Waals surface area (Å²) in [5, 5.41) is 4.74. The molecule has 4 heterocycles. The highest BCUT2D eigenvalue weighted by Crippen LogP contribution is 2.31. The van der Waals surface area contributed by atoms with Crippen molar-refractivity contribution in [3.8, 4) is 0 Å². The summed E-state index contributed by atoms with van der Waals surface area (Å²) < 4.78 is 2.03. The number of hydrogen-bond donors (Lipinski definition) is 2. The molecule has 8 nitrogen and oxygen atoms in total. The maximum atomic E-state index is 11.7. The number of aldehydes is 1. The van der Waals surface area contributed by atoms with Crippen molar-refractivity contribution >= 4 is 34.9 Å². The normalized spacial score (nSPS) is 11.1. The smallest absolute Gasteiger partial charge is 0.196 e. The van der Waals surface area contributed by atoms with Gasteiger partial charge in [0.25, 0.3) is 0 Å². The number of aromatic amines is 1. The van der Waals surface area contributed by atoms with Crippen molar-refractivity contribution in [3.63, 3.8) is 0 Å². The van der Waals surface area contributed by atoms with Crippen LogP contribution in [0, 0.1) is 0 Å². The molecule has 0 aromatic carbocycles. The molecule has 0 aliphatic heterocycles. The zero-order valence-electron chi connectivity index (χ0n) is 16.0. The van der Waals surface area contributed by atoms with Gasteiger partial charge in [-0.15, -0.1) is 0 Å². The van der Waals surface area contributed by atoms with E-state index in [0.29, 0.717) is 28.7 Å². The number of fused-ring (bicyclic) bond motifs is 1. The molecule has 4 aromatic heterocycles. The fourth-order valence-corrected chi connectivity index (χ4v) is 3.87. The van der Waals surface area contributed by atoms with Crippen LogP contribution in [0.3, 0.4) is 0 Å². The van der Waals surface area contributed by atoms with Gasteiger partial charge >= 0.3 is 0 Å². The summed E-state index contributed by atoms with van der Waals surface area (Å²) in [5.74, 6) is 0.671. The SMILES string of the molecule is CCc1[nH]c2nc(Sc3cccnc3)nc(NCCCn3ccnc3)c2c1C=O. The summed E-state index contributed by atoms with van der Waals surface area (Å²) in [6.07, 6.45) is 11.5. The molecule has 0 amide bonds. The number of pyridine rings is 1. The number of nitrogens with zero attached hydrogens (tertiary/aromatic N) is 5. The predicted molar refractivity (Wildman–Crippen MR) is 112 cm³/mol. The minimum Gasteiger partial charge on any atom is -0.369 e. The van der Waals surface area contributed by atoms with Crippen LogP contribution >= 0.6 is 11.8 Å². The van der Waals surface area contributed by atoms with Crippen molar-refractivity contribution in [2.45, 2.75) is 36.4 Å². The molecule has 0 fully saturated rings. The van der Waals surface area contributed by atoms with Crippen molar-refractivity contribution < 1.29 is 4.79 Å². The van der Waals surface area contributed by atoms with E-state index in [1.807, 2.05) is 29.8 Å². The fraction of sp³-hybridized carbons (Fsp3) is 0.250. The molecule has 0 aliphatic carbocycles. The Kier molecular flexibility index (Phi) is 5.85. The third-order valence-corrected chi connectivity index (χ3v) is 5.35. The zero-order chi connectivity index (χ0) is 20.1. The van der Waals surface area contributed by atoms with Gasteiger partial charge in [-0.1, -0.05) is 6.92 Å². The van der Waals surface area contributed by atoms with Crippen LogP contribution in [-0.2, 0) is 13.0 Å². The average molecular weight is 408 g/mol. The van der Waals surface area contributed by atoms with Crippen molar-refractivity contribution in [1.29, 1.82) is 0 Å². The number of H-pyrrole nitrogens is 1. The second-order valence-electron chi connectivity index (χ2n) is 6.44. The average Bonchev–Trinajstić information content (AvgIpc) is 3.39. The minimum absolute atomic E-state index is 0.601. The highest BCUT2D eigenvalue weighted by Gasteiger charge is 2.18. The van der Waals surface area contributed by atoms with Crippen molar-refractivity contribution in [3.05, 3.63) is 54.5 Å². The maximum Gasteiger partial charge on any atom is 0.196 e. The Bertz CT molecular complexity index is 1090. The van der Waals surface area contributed by atoms with E-state index in [0.717, 1.165) is 41.6 Å². The number of imidazole rings is 1. The Balaban J connectivity index is 1.62. The summed E-state index contributed by atoms with van der Waals surface area (Å²) in [4.78, 5) is 33.5. The molecule has 29 heavy (non-hydrogen) atoms. The number of aryl methyl sites for hydroxylation is 2. The first kappa shape index (κ1) is 19.1. The first-order chi connectivity index (χ1) is 14.3. The molecule has 0 unspecified atom stereocenters. The van der Waals surface area contributed by atoms with E-state index >= 15 is 0 Å². The van der Waals surface area contributed by atoms with Crippen LogP contribution in [0.1, 0.15) is 29.4 Å². The summed E-state index contributed by atoms with van der Waals surface area (Å²) in [5.41, 5.74) is 2.16. The van der Waals surface area contributed by atoms with Gasteiger partial charge in [-0.05, 0) is 36.7 Å². The molecule has 2 N–H and O–H groups in total. The number of nitrogens with one attached hydrogen (secondary N) is 2. The molecule has 148 valence electrons. The first-order valence-corrected chi connectivity index (χ1v) is 10.3. The summed E-state index contributed by atoms with van der Waals surface area (Å²) in [6, 6.07) is 3.84. The Morgan fingerprint density at radius 1 is 1.28 bits per heavy atom. The van der Waals surface area contributed by atoms with Gasteiger partial charge in [-0.3, -0.25) is 9.78 Å². The standard InChI is InChI=1S/C20H21N7OS/c1-2-16-15(12-28)17-18(23-7-4-9-27-10-8-22-13-27)25-20(26-19(17)24-16)29-14-5-3-6-21-11-14/h3,5-6,8,10-13H,2,4,7,9H2,1H3,(H2,23,24,25,26). The first-order valence-electron chi connectivity index (χ1n) is 9.43. The second-order valence-corrected chi connectivity index (χ2v) is 7.48. The molecule has 0 radical (unpaired) electrons. The number of carbonyl (C=O) groups is 1. The number of hydrogen-bond acceptors (Lipinski definition) is 7. The molecule has 0 spiro atoms. The van der Waals surface area contributed by atoms with Crippen LogP contribution in [-0.4, -0.2) is 42.3 Å². The molecule has 4 rings (SSSR count). The molecular formula is C20H21N7OS. The van der Waals surface area contributed by atoms with Gasteiger partial charge in [0.1, 0.15) is 11.5 Å². The van der Waals surface area contributed by atoms with E-state index in [2.05, 4.69) is 25.3 Å². The van der Waals surface area contributed by atoms with Gasteiger partial charge in [0.15, 0.2) is 11.4 Å². The van der Waals surface area contributed by atoms with E-state index in [1.165, 1.54) is 11.8 Å². The fourth-order valence-electron chi connectivity index (χ4n) is 3.13. The minimum atomic E-state index is 0.601. The summed E-state index contributed by atoms with van der Waals surface area (Å²) in [6.45, 7) is 3.58. The van der Waals surface area contributed by atoms with Crippen LogP contribution < -0.4 is 5.32 Å². The maximum absolute atomic E-state index is 11.7. The zero-order valence-corrected chi connectivity index (χ0v) is 16.8. The van der Waals surface area contributed by atoms with Crippen LogP contribution in [0.5, 0.6) is 0 Å². The van der Waals surface area contributed by atoms with Gasteiger partial charge in [0.2, 0.25) is 0 Å². The molecule has 0 aliphatic rings. The molecule has 4 aromatic rings. The van der Waals surface area contributed by atoms with Gasteiger partial charge in [-0.2, -0.15) is 0 Å². The molecular weight excluding hydrogens is 386 g/mol. The van der Waals surface area contributed by atoms with Gasteiger partial charge in [0, 0.05) is 54.0 Å². The lowest BCUT2D eigenvalue weighted by Crippen LogP contribution is -2.08. The van der Waals surface area contributed by atoms with Crippen LogP contribution in [0.25, 0.3) is 11.0 Å². The molecule has 9 heteroatoms. The van der Waals surface area contributed by atoms with E-state index < -0.39 is 0 Å². The summed E-state index contributed by atoms with van der Waals surface area (Å²) >= 11 is 1.44. The Hall–Kier alpha value is -3.20. The quantitative estimate of drug-likeness (QED) is 0.248. The molecule has 0 saturated heterocycles. The summed E-state index contributed by atoms with van der Waals surface area (Å²) in [7, 11) is 0. The van der Waals surface area contributed by atoms with Crippen molar-refractivity contribution in [2.24, 2.45) is 0 Å². The van der Waals surface area contributed by atoms with Gasteiger partial charge < -0.3 is 14.9 Å². The van der Waals surface area contributed by atoms with E-state index in [1.54, 1.807) is 24.9 Å². The van der Waals surface area contributed by atoms with E-state index in [9.17, 15) is 4.79 Å². The lowest BCUT2D eigenvalue weighted by Gasteiger charge is -2.09. The van der Waals surface area contributed by atoms with E-state index in [-0.39, 0.29) is 0 Å². The van der Waals surface area contributed by atoms with Gasteiger partial charge in [0.05, 0.1) is 11.7 Å². The Labute approximate surface area is 172 Å². The Morgan fingerprint density at radius 2 is 2.21 bits per heavy atom. The third-order valence-electron chi connectivity index (χ3n) is 4.51. The largest absolute Gasteiger partial charge is 0.369 e. The topological polar surface area (TPSA) is 101 Å². The second kappa shape index (κ2) is 8.87. The van der Waals surface area contributed by atoms with Crippen LogP contribution in [0.2, 0.25) is 0 Å². The highest BCUT2D eigenvalue weighted by atomic mass is 32.2. The lowest BCUT2D eigenvalue weighted by molar-refractivity contribution is 0.112. The highest BCUT2D eigenvalue weighted by molar-refractivity contribution is 7.99. The Morgan fingerprint density at radius 3 is 2.93 bits per heavy atom. The van der Waals surface area contributed by atoms with E-state index in [4.69, 9.17) is 4.98 Å². The lowest BCUT2D eigenvalue weighted by atomic mass is 10.1. The number of anilines is 1. The van der Waals surface area contributed by atoms with Crippen molar-refractivity contribution in [2.75, 3.05) is 11.9 Å².